The van der Waals surface area contributed by atoms with Crippen molar-refractivity contribution >= 4 is 11.8 Å². The first kappa shape index (κ1) is 12.6. The van der Waals surface area contributed by atoms with E-state index >= 15 is 0 Å². The van der Waals surface area contributed by atoms with Gasteiger partial charge in [-0.2, -0.15) is 11.8 Å². The van der Waals surface area contributed by atoms with Gasteiger partial charge in [0.2, 0.25) is 0 Å². The summed E-state index contributed by atoms with van der Waals surface area (Å²) in [4.78, 5) is 0. The molecule has 0 spiro atoms. The summed E-state index contributed by atoms with van der Waals surface area (Å²) in [5.41, 5.74) is 5.45. The van der Waals surface area contributed by atoms with Crippen LogP contribution in [0.25, 0.3) is 0 Å². The van der Waals surface area contributed by atoms with Crippen LogP contribution in [0.15, 0.2) is 24.3 Å². The van der Waals surface area contributed by atoms with Crippen LogP contribution >= 0.6 is 11.8 Å². The minimum absolute atomic E-state index is 0.265. The van der Waals surface area contributed by atoms with Crippen molar-refractivity contribution in [3.8, 4) is 0 Å². The number of rotatable bonds is 6. The number of hydrazine groups is 1. The molecular weight excluding hydrogens is 204 g/mol. The SMILES string of the molecule is CCCSCC(NN)c1cccc(C)c1. The summed E-state index contributed by atoms with van der Waals surface area (Å²) in [6.45, 7) is 4.31. The average Bonchev–Trinajstić information content (AvgIpc) is 2.24. The van der Waals surface area contributed by atoms with Crippen LogP contribution < -0.4 is 11.3 Å². The van der Waals surface area contributed by atoms with Crippen molar-refractivity contribution in [3.63, 3.8) is 0 Å². The molecule has 0 saturated heterocycles. The van der Waals surface area contributed by atoms with Gasteiger partial charge >= 0.3 is 0 Å². The Kier molecular flexibility index (Phi) is 5.76. The fourth-order valence-corrected chi connectivity index (χ4v) is 2.45. The number of aryl methyl sites for hydroxylation is 1. The van der Waals surface area contributed by atoms with Crippen molar-refractivity contribution in [3.05, 3.63) is 35.4 Å². The number of hydrogen-bond acceptors (Lipinski definition) is 3. The predicted octanol–water partition coefficient (Wildman–Crippen LogP) is 2.64. The van der Waals surface area contributed by atoms with Crippen molar-refractivity contribution in [2.24, 2.45) is 5.84 Å². The van der Waals surface area contributed by atoms with Crippen LogP contribution in [0.5, 0.6) is 0 Å². The molecule has 0 aliphatic carbocycles. The molecule has 0 fully saturated rings. The van der Waals surface area contributed by atoms with Gasteiger partial charge in [0.1, 0.15) is 0 Å². The van der Waals surface area contributed by atoms with Crippen molar-refractivity contribution in [1.29, 1.82) is 0 Å². The second-order valence-corrected chi connectivity index (χ2v) is 4.86. The zero-order chi connectivity index (χ0) is 11.1. The minimum atomic E-state index is 0.265. The zero-order valence-corrected chi connectivity index (χ0v) is 10.3. The minimum Gasteiger partial charge on any atom is -0.271 e. The topological polar surface area (TPSA) is 38.0 Å². The molecule has 3 heteroatoms. The highest BCUT2D eigenvalue weighted by atomic mass is 32.2. The third-order valence-electron chi connectivity index (χ3n) is 2.28. The van der Waals surface area contributed by atoms with Crippen molar-refractivity contribution in [2.45, 2.75) is 26.3 Å². The Hall–Kier alpha value is -0.510. The lowest BCUT2D eigenvalue weighted by molar-refractivity contribution is 0.610. The van der Waals surface area contributed by atoms with E-state index in [4.69, 9.17) is 5.84 Å². The van der Waals surface area contributed by atoms with E-state index in [-0.39, 0.29) is 6.04 Å². The molecule has 1 rings (SSSR count). The molecule has 0 aromatic heterocycles. The van der Waals surface area contributed by atoms with Crippen molar-refractivity contribution in [1.82, 2.24) is 5.43 Å². The molecule has 0 bridgehead atoms. The number of thioether (sulfide) groups is 1. The maximum atomic E-state index is 5.57. The average molecular weight is 224 g/mol. The molecule has 0 amide bonds. The normalized spacial score (nSPS) is 12.7. The second-order valence-electron chi connectivity index (χ2n) is 3.71. The molecular formula is C12H20N2S. The Morgan fingerprint density at radius 3 is 2.87 bits per heavy atom. The van der Waals surface area contributed by atoms with Gasteiger partial charge in [-0.25, -0.2) is 0 Å². The van der Waals surface area contributed by atoms with Crippen molar-refractivity contribution in [2.75, 3.05) is 11.5 Å². The molecule has 0 saturated carbocycles. The Morgan fingerprint density at radius 2 is 2.27 bits per heavy atom. The first-order valence-corrected chi connectivity index (χ1v) is 6.53. The number of benzene rings is 1. The summed E-state index contributed by atoms with van der Waals surface area (Å²) >= 11 is 1.94. The first-order chi connectivity index (χ1) is 7.27. The molecule has 0 heterocycles. The molecule has 3 N–H and O–H groups in total. The second kappa shape index (κ2) is 6.88. The third kappa shape index (κ3) is 4.24. The van der Waals surface area contributed by atoms with Crippen LogP contribution in [-0.2, 0) is 0 Å². The van der Waals surface area contributed by atoms with E-state index in [1.807, 2.05) is 11.8 Å². The monoisotopic (exact) mass is 224 g/mol. The van der Waals surface area contributed by atoms with Crippen LogP contribution in [0.1, 0.15) is 30.5 Å². The molecule has 15 heavy (non-hydrogen) atoms. The summed E-state index contributed by atoms with van der Waals surface area (Å²) < 4.78 is 0. The summed E-state index contributed by atoms with van der Waals surface area (Å²) in [5.74, 6) is 7.81. The maximum Gasteiger partial charge on any atom is 0.0550 e. The molecule has 84 valence electrons. The Balaban J connectivity index is 2.57. The molecule has 2 nitrogen and oxygen atoms in total. The standard InChI is InChI=1S/C12H20N2S/c1-3-7-15-9-12(14-13)11-6-4-5-10(2)8-11/h4-6,8,12,14H,3,7,9,13H2,1-2H3. The lowest BCUT2D eigenvalue weighted by Crippen LogP contribution is -2.29. The van der Waals surface area contributed by atoms with E-state index in [1.54, 1.807) is 0 Å². The maximum absolute atomic E-state index is 5.57. The van der Waals surface area contributed by atoms with Gasteiger partial charge in [0.25, 0.3) is 0 Å². The van der Waals surface area contributed by atoms with E-state index in [1.165, 1.54) is 23.3 Å². The Bertz CT molecular complexity index is 289. The highest BCUT2D eigenvalue weighted by Crippen LogP contribution is 2.18. The molecule has 1 atom stereocenters. The highest BCUT2D eigenvalue weighted by molar-refractivity contribution is 7.99. The van der Waals surface area contributed by atoms with Crippen LogP contribution in [-0.4, -0.2) is 11.5 Å². The number of nitrogens with two attached hydrogens (primary N) is 1. The van der Waals surface area contributed by atoms with Gasteiger partial charge in [-0.1, -0.05) is 36.8 Å². The summed E-state index contributed by atoms with van der Waals surface area (Å²) in [6.07, 6.45) is 1.22. The van der Waals surface area contributed by atoms with Gasteiger partial charge in [0.15, 0.2) is 0 Å². The molecule has 0 radical (unpaired) electrons. The smallest absolute Gasteiger partial charge is 0.0550 e. The fraction of sp³-hybridized carbons (Fsp3) is 0.500. The van der Waals surface area contributed by atoms with E-state index in [2.05, 4.69) is 43.5 Å². The summed E-state index contributed by atoms with van der Waals surface area (Å²) in [5, 5.41) is 0. The van der Waals surface area contributed by atoms with Gasteiger partial charge in [0, 0.05) is 5.75 Å². The van der Waals surface area contributed by atoms with Gasteiger partial charge in [0.05, 0.1) is 6.04 Å². The third-order valence-corrected chi connectivity index (χ3v) is 3.54. The summed E-state index contributed by atoms with van der Waals surface area (Å²) in [7, 11) is 0. The van der Waals surface area contributed by atoms with Crippen LogP contribution in [0.2, 0.25) is 0 Å². The van der Waals surface area contributed by atoms with E-state index in [9.17, 15) is 0 Å². The van der Waals surface area contributed by atoms with E-state index in [0.717, 1.165) is 5.75 Å². The Labute approximate surface area is 96.6 Å². The quantitative estimate of drug-likeness (QED) is 0.443. The molecule has 1 aromatic rings. The first-order valence-electron chi connectivity index (χ1n) is 5.38. The van der Waals surface area contributed by atoms with Crippen LogP contribution in [0.4, 0.5) is 0 Å². The molecule has 0 aliphatic rings. The largest absolute Gasteiger partial charge is 0.271 e. The predicted molar refractivity (Wildman–Crippen MR) is 68.9 cm³/mol. The van der Waals surface area contributed by atoms with Crippen LogP contribution in [0, 0.1) is 6.92 Å². The molecule has 0 aliphatic heterocycles. The van der Waals surface area contributed by atoms with Crippen molar-refractivity contribution < 1.29 is 0 Å². The zero-order valence-electron chi connectivity index (χ0n) is 9.49. The van der Waals surface area contributed by atoms with E-state index in [0.29, 0.717) is 0 Å². The lowest BCUT2D eigenvalue weighted by atomic mass is 10.1. The van der Waals surface area contributed by atoms with Gasteiger partial charge in [-0.3, -0.25) is 11.3 Å². The van der Waals surface area contributed by atoms with Crippen LogP contribution in [0.3, 0.4) is 0 Å². The fourth-order valence-electron chi connectivity index (χ4n) is 1.47. The molecule has 1 unspecified atom stereocenters. The van der Waals surface area contributed by atoms with Gasteiger partial charge < -0.3 is 0 Å². The van der Waals surface area contributed by atoms with Gasteiger partial charge in [-0.15, -0.1) is 0 Å². The Morgan fingerprint density at radius 1 is 1.47 bits per heavy atom. The number of hydrogen-bond donors (Lipinski definition) is 2. The number of nitrogens with one attached hydrogen (secondary N) is 1. The molecule has 1 aromatic carbocycles. The van der Waals surface area contributed by atoms with Gasteiger partial charge in [-0.05, 0) is 24.7 Å². The lowest BCUT2D eigenvalue weighted by Gasteiger charge is -2.16. The summed E-state index contributed by atoms with van der Waals surface area (Å²) in [6, 6.07) is 8.78. The highest BCUT2D eigenvalue weighted by Gasteiger charge is 2.08. The van der Waals surface area contributed by atoms with E-state index < -0.39 is 0 Å².